The van der Waals surface area contributed by atoms with Crippen molar-refractivity contribution < 1.29 is 27.2 Å². The van der Waals surface area contributed by atoms with Gasteiger partial charge in [-0.15, -0.1) is 0 Å². The summed E-state index contributed by atoms with van der Waals surface area (Å²) in [4.78, 5) is 4.10. The molecule has 0 radical (unpaired) electrons. The van der Waals surface area contributed by atoms with Crippen molar-refractivity contribution in [3.8, 4) is 0 Å². The lowest BCUT2D eigenvalue weighted by molar-refractivity contribution is -0.918. The van der Waals surface area contributed by atoms with Crippen LogP contribution >= 0.6 is 0 Å². The second kappa shape index (κ2) is 25.1. The Bertz CT molecular complexity index is 560. The zero-order chi connectivity index (χ0) is 26.9. The first-order chi connectivity index (χ1) is 17.4. The normalized spacial score (nSPS) is 18.4. The third kappa shape index (κ3) is 22.9. The highest BCUT2D eigenvalue weighted by Crippen LogP contribution is 2.15. The molecule has 2 N–H and O–H groups in total. The quantitative estimate of drug-likeness (QED) is 0.108. The minimum atomic E-state index is -4.41. The summed E-state index contributed by atoms with van der Waals surface area (Å²) in [6.45, 7) is 5.96. The first-order valence-corrected chi connectivity index (χ1v) is 16.4. The number of hydrogen-bond acceptors (Lipinski definition) is 6. The Kier molecular flexibility index (Phi) is 24.9. The van der Waals surface area contributed by atoms with Crippen LogP contribution in [-0.2, 0) is 14.6 Å². The number of aliphatic hydroxyl groups is 1. The van der Waals surface area contributed by atoms with E-state index in [1.807, 2.05) is 0 Å². The van der Waals surface area contributed by atoms with Crippen molar-refractivity contribution in [2.24, 2.45) is 0 Å². The molecular weight excluding hydrogens is 476 g/mol. The van der Waals surface area contributed by atoms with Gasteiger partial charge >= 0.3 is 0 Å². The van der Waals surface area contributed by atoms with Gasteiger partial charge in [0.15, 0.2) is 0 Å². The van der Waals surface area contributed by atoms with Crippen LogP contribution in [-0.4, -0.2) is 69.5 Å². The van der Waals surface area contributed by atoms with Crippen LogP contribution in [0, 0.1) is 0 Å². The first-order valence-electron chi connectivity index (χ1n) is 15.0. The third-order valence-electron chi connectivity index (χ3n) is 7.51. The van der Waals surface area contributed by atoms with E-state index in [0.29, 0.717) is 12.8 Å². The average molecular weight is 537 g/mol. The lowest BCUT2D eigenvalue weighted by Crippen LogP contribution is -3.15. The summed E-state index contributed by atoms with van der Waals surface area (Å²) in [6.07, 6.45) is 29.5. The summed E-state index contributed by atoms with van der Waals surface area (Å²) < 4.78 is 31.0. The molecule has 0 aliphatic carbocycles. The highest BCUT2D eigenvalue weighted by atomic mass is 32.3. The van der Waals surface area contributed by atoms with Crippen molar-refractivity contribution in [2.75, 3.05) is 40.4 Å². The molecule has 1 fully saturated rings. The van der Waals surface area contributed by atoms with Crippen LogP contribution in [0.5, 0.6) is 0 Å². The number of hydrogen-bond donors (Lipinski definition) is 2. The van der Waals surface area contributed by atoms with Crippen LogP contribution in [0.25, 0.3) is 0 Å². The van der Waals surface area contributed by atoms with E-state index >= 15 is 0 Å². The van der Waals surface area contributed by atoms with Crippen molar-refractivity contribution in [3.63, 3.8) is 0 Å². The van der Waals surface area contributed by atoms with Gasteiger partial charge in [0.05, 0.1) is 26.8 Å². The van der Waals surface area contributed by atoms with Crippen LogP contribution in [0.1, 0.15) is 135 Å². The maximum Gasteiger partial charge on any atom is 0.217 e. The van der Waals surface area contributed by atoms with Gasteiger partial charge in [0, 0.05) is 6.42 Å². The van der Waals surface area contributed by atoms with E-state index in [-0.39, 0.29) is 0 Å². The molecule has 2 atom stereocenters. The molecule has 0 aromatic carbocycles. The van der Waals surface area contributed by atoms with Crippen molar-refractivity contribution in [2.45, 2.75) is 142 Å². The van der Waals surface area contributed by atoms with E-state index < -0.39 is 10.4 Å². The number of rotatable bonds is 23. The Labute approximate surface area is 224 Å². The molecule has 1 heterocycles. The van der Waals surface area contributed by atoms with E-state index in [9.17, 15) is 18.1 Å². The average Bonchev–Trinajstić information content (AvgIpc) is 3.19. The predicted molar refractivity (Wildman–Crippen MR) is 149 cm³/mol. The fourth-order valence-corrected chi connectivity index (χ4v) is 5.23. The Morgan fingerprint density at radius 3 is 1.50 bits per heavy atom. The van der Waals surface area contributed by atoms with E-state index in [0.717, 1.165) is 13.7 Å². The number of nitrogens with one attached hydrogen (secondary N) is 1. The molecule has 2 unspecified atom stereocenters. The smallest absolute Gasteiger partial charge is 0.217 e. The molecule has 0 spiro atoms. The van der Waals surface area contributed by atoms with Gasteiger partial charge in [0.2, 0.25) is 10.4 Å². The second-order valence-electron chi connectivity index (χ2n) is 10.6. The van der Waals surface area contributed by atoms with E-state index in [1.54, 1.807) is 4.90 Å². The monoisotopic (exact) mass is 536 g/mol. The topological polar surface area (TPSA) is 94.3 Å². The molecule has 0 aromatic rings. The van der Waals surface area contributed by atoms with E-state index in [2.05, 4.69) is 23.1 Å². The summed E-state index contributed by atoms with van der Waals surface area (Å²) in [5.41, 5.74) is 0. The molecule has 1 aliphatic rings. The van der Waals surface area contributed by atoms with Crippen LogP contribution in [0.15, 0.2) is 0 Å². The highest BCUT2D eigenvalue weighted by Gasteiger charge is 2.31. The number of aliphatic hydroxyl groups excluding tert-OH is 1. The van der Waals surface area contributed by atoms with Gasteiger partial charge in [0.25, 0.3) is 0 Å². The Balaban J connectivity index is 0.00000181. The first kappa shape index (κ1) is 35.8. The number of nitrogens with zero attached hydrogens (tertiary/aromatic N) is 1. The molecule has 1 aliphatic heterocycles. The van der Waals surface area contributed by atoms with Gasteiger partial charge in [-0.25, -0.2) is 8.42 Å². The van der Waals surface area contributed by atoms with Gasteiger partial charge in [-0.1, -0.05) is 122 Å². The molecule has 1 saturated heterocycles. The van der Waals surface area contributed by atoms with Crippen LogP contribution in [0.4, 0.5) is 0 Å². The Morgan fingerprint density at radius 2 is 1.17 bits per heavy atom. The second-order valence-corrected chi connectivity index (χ2v) is 11.8. The molecule has 0 bridgehead atoms. The summed E-state index contributed by atoms with van der Waals surface area (Å²) in [5, 5.41) is 9.23. The van der Waals surface area contributed by atoms with Gasteiger partial charge in [0.1, 0.15) is 12.7 Å². The lowest BCUT2D eigenvalue weighted by atomic mass is 10.0. The van der Waals surface area contributed by atoms with Gasteiger partial charge in [-0.3, -0.25) is 9.08 Å². The summed E-state index contributed by atoms with van der Waals surface area (Å²) in [7, 11) is -1.35. The summed E-state index contributed by atoms with van der Waals surface area (Å²) in [6, 6.07) is 0. The molecule has 0 aromatic heterocycles. The minimum absolute atomic E-state index is 0.332. The van der Waals surface area contributed by atoms with Gasteiger partial charge in [-0.05, 0) is 13.5 Å². The Morgan fingerprint density at radius 1 is 0.806 bits per heavy atom. The fraction of sp³-hybridized carbons (Fsp3) is 1.00. The molecule has 0 saturated carbocycles. The van der Waals surface area contributed by atoms with Crippen molar-refractivity contribution in [1.82, 2.24) is 4.90 Å². The van der Waals surface area contributed by atoms with Crippen LogP contribution in [0.2, 0.25) is 0 Å². The van der Waals surface area contributed by atoms with Gasteiger partial charge in [-0.2, -0.15) is 0 Å². The predicted octanol–water partition coefficient (Wildman–Crippen LogP) is 5.05. The van der Waals surface area contributed by atoms with Crippen molar-refractivity contribution >= 4 is 10.4 Å². The molecule has 1 rings (SSSR count). The molecule has 7 nitrogen and oxygen atoms in total. The zero-order valence-corrected chi connectivity index (χ0v) is 24.8. The minimum Gasteiger partial charge on any atom is -0.726 e. The largest absolute Gasteiger partial charge is 0.726 e. The maximum absolute atomic E-state index is 9.23. The SMILES string of the molecule is CCCCCCCCCCCCCCCCCCCCCC1N(C)CC[NH+]1CCO.COS(=O)(=O)[O-]. The molecule has 8 heteroatoms. The molecule has 0 amide bonds. The molecular formula is C28H60N2O5S. The maximum atomic E-state index is 9.23. The zero-order valence-electron chi connectivity index (χ0n) is 24.0. The highest BCUT2D eigenvalue weighted by molar-refractivity contribution is 7.80. The lowest BCUT2D eigenvalue weighted by Gasteiger charge is -2.24. The molecule has 36 heavy (non-hydrogen) atoms. The standard InChI is InChI=1S/C27H56N2O.CH4O4S/c1-3-4-5-6-7-8-9-10-11-12-13-14-15-16-17-18-19-20-21-22-27-28(2)23-24-29(27)25-26-30;1-5-6(2,3)4/h27,30H,3-26H2,1-2H3;1H3,(H,2,3,4). The number of quaternary nitrogens is 1. The van der Waals surface area contributed by atoms with Crippen molar-refractivity contribution in [3.05, 3.63) is 0 Å². The molecule has 218 valence electrons. The number of likely N-dealkylation sites (N-methyl/N-ethyl adjacent to an activating group) is 1. The summed E-state index contributed by atoms with van der Waals surface area (Å²) in [5.74, 6) is 0. The van der Waals surface area contributed by atoms with E-state index in [1.165, 1.54) is 142 Å². The Hall–Kier alpha value is -0.250. The van der Waals surface area contributed by atoms with E-state index in [4.69, 9.17) is 0 Å². The van der Waals surface area contributed by atoms with Crippen LogP contribution < -0.4 is 4.90 Å². The third-order valence-corrected chi connectivity index (χ3v) is 7.92. The van der Waals surface area contributed by atoms with Crippen LogP contribution in [0.3, 0.4) is 0 Å². The number of unbranched alkanes of at least 4 members (excludes halogenated alkanes) is 18. The van der Waals surface area contributed by atoms with Gasteiger partial charge < -0.3 is 14.6 Å². The fourth-order valence-electron chi connectivity index (χ4n) is 5.23. The summed E-state index contributed by atoms with van der Waals surface area (Å²) >= 11 is 0. The van der Waals surface area contributed by atoms with Crippen molar-refractivity contribution in [1.29, 1.82) is 0 Å².